The van der Waals surface area contributed by atoms with Crippen LogP contribution < -0.4 is 5.32 Å². The van der Waals surface area contributed by atoms with Gasteiger partial charge in [0.2, 0.25) is 0 Å². The molecule has 1 aliphatic heterocycles. The van der Waals surface area contributed by atoms with Gasteiger partial charge in [-0.05, 0) is 56.7 Å². The topological polar surface area (TPSA) is 12.0 Å². The summed E-state index contributed by atoms with van der Waals surface area (Å²) in [6.07, 6.45) is 11.0. The van der Waals surface area contributed by atoms with E-state index in [-0.39, 0.29) is 0 Å². The Kier molecular flexibility index (Phi) is 3.76. The Balaban J connectivity index is 1.76. The van der Waals surface area contributed by atoms with Crippen molar-refractivity contribution in [1.82, 2.24) is 5.32 Å². The smallest absolute Gasteiger partial charge is 0.0257 e. The van der Waals surface area contributed by atoms with E-state index in [4.69, 9.17) is 0 Å². The Labute approximate surface area is 115 Å². The minimum Gasteiger partial charge on any atom is -0.311 e. The molecule has 0 amide bonds. The molecule has 2 aliphatic rings. The first-order valence-corrected chi connectivity index (χ1v) is 8.47. The summed E-state index contributed by atoms with van der Waals surface area (Å²) in [7, 11) is 0. The highest BCUT2D eigenvalue weighted by molar-refractivity contribution is 7.12. The number of thiophene rings is 1. The lowest BCUT2D eigenvalue weighted by molar-refractivity contribution is 0.272. The zero-order chi connectivity index (χ0) is 12.4. The van der Waals surface area contributed by atoms with Crippen molar-refractivity contribution in [2.45, 2.75) is 63.8 Å². The lowest BCUT2D eigenvalue weighted by Crippen LogP contribution is -2.48. The monoisotopic (exact) mass is 263 g/mol. The van der Waals surface area contributed by atoms with Crippen LogP contribution in [0.2, 0.25) is 0 Å². The van der Waals surface area contributed by atoms with E-state index in [1.807, 2.05) is 11.3 Å². The summed E-state index contributed by atoms with van der Waals surface area (Å²) in [6, 6.07) is 4.71. The summed E-state index contributed by atoms with van der Waals surface area (Å²) in [5, 5.41) is 3.94. The first-order chi connectivity index (χ1) is 8.82. The van der Waals surface area contributed by atoms with E-state index in [0.29, 0.717) is 5.54 Å². The van der Waals surface area contributed by atoms with E-state index >= 15 is 0 Å². The van der Waals surface area contributed by atoms with Crippen molar-refractivity contribution in [3.8, 4) is 0 Å². The fraction of sp³-hybridized carbons (Fsp3) is 0.750. The van der Waals surface area contributed by atoms with Crippen molar-refractivity contribution in [1.29, 1.82) is 0 Å². The molecule has 1 aromatic rings. The average Bonchev–Trinajstić information content (AvgIpc) is 3.16. The third kappa shape index (κ3) is 2.65. The predicted octanol–water partition coefficient (Wildman–Crippen LogP) is 4.17. The van der Waals surface area contributed by atoms with Gasteiger partial charge in [0.1, 0.15) is 0 Å². The predicted molar refractivity (Wildman–Crippen MR) is 79.3 cm³/mol. The van der Waals surface area contributed by atoms with E-state index in [1.54, 1.807) is 9.75 Å². The highest BCUT2D eigenvalue weighted by Crippen LogP contribution is 2.45. The van der Waals surface area contributed by atoms with Crippen LogP contribution in [0.5, 0.6) is 0 Å². The molecule has 1 saturated heterocycles. The standard InChI is InChI=1S/C16H25NS/c1-2-14-8-9-15(18-14)12-16(13-6-7-13)10-4-3-5-11-17-16/h8-9,13,17H,2-7,10-12H2,1H3. The average molecular weight is 263 g/mol. The summed E-state index contributed by atoms with van der Waals surface area (Å²) < 4.78 is 0. The van der Waals surface area contributed by atoms with Gasteiger partial charge in [0.25, 0.3) is 0 Å². The van der Waals surface area contributed by atoms with Crippen LogP contribution in [0.25, 0.3) is 0 Å². The maximum absolute atomic E-state index is 3.94. The van der Waals surface area contributed by atoms with Crippen molar-refractivity contribution >= 4 is 11.3 Å². The van der Waals surface area contributed by atoms with Crippen molar-refractivity contribution in [2.24, 2.45) is 5.92 Å². The van der Waals surface area contributed by atoms with Crippen molar-refractivity contribution in [3.63, 3.8) is 0 Å². The van der Waals surface area contributed by atoms with Gasteiger partial charge in [0.05, 0.1) is 0 Å². The lowest BCUT2D eigenvalue weighted by atomic mass is 9.84. The van der Waals surface area contributed by atoms with Crippen LogP contribution in [0.15, 0.2) is 12.1 Å². The molecule has 3 rings (SSSR count). The SMILES string of the molecule is CCc1ccc(CC2(C3CC3)CCCCCN2)s1. The zero-order valence-corrected chi connectivity index (χ0v) is 12.3. The molecule has 0 aromatic carbocycles. The Morgan fingerprint density at radius 3 is 2.78 bits per heavy atom. The van der Waals surface area contributed by atoms with Gasteiger partial charge in [-0.2, -0.15) is 0 Å². The van der Waals surface area contributed by atoms with Gasteiger partial charge in [-0.3, -0.25) is 0 Å². The third-order valence-corrected chi connectivity index (χ3v) is 5.92. The van der Waals surface area contributed by atoms with E-state index in [0.717, 1.165) is 5.92 Å². The molecule has 2 fully saturated rings. The maximum atomic E-state index is 3.94. The van der Waals surface area contributed by atoms with Gasteiger partial charge < -0.3 is 5.32 Å². The van der Waals surface area contributed by atoms with Crippen molar-refractivity contribution in [2.75, 3.05) is 6.54 Å². The second-order valence-electron chi connectivity index (χ2n) is 6.07. The summed E-state index contributed by atoms with van der Waals surface area (Å²) >= 11 is 2.04. The summed E-state index contributed by atoms with van der Waals surface area (Å²) in [4.78, 5) is 3.15. The number of nitrogens with one attached hydrogen (secondary N) is 1. The van der Waals surface area contributed by atoms with Gasteiger partial charge in [-0.15, -0.1) is 11.3 Å². The molecule has 1 N–H and O–H groups in total. The van der Waals surface area contributed by atoms with E-state index in [1.165, 1.54) is 57.9 Å². The number of aryl methyl sites for hydroxylation is 1. The van der Waals surface area contributed by atoms with Crippen molar-refractivity contribution in [3.05, 3.63) is 21.9 Å². The van der Waals surface area contributed by atoms with Crippen molar-refractivity contribution < 1.29 is 0 Å². The molecule has 100 valence electrons. The molecule has 18 heavy (non-hydrogen) atoms. The number of rotatable bonds is 4. The molecule has 1 aromatic heterocycles. The molecule has 1 aliphatic carbocycles. The van der Waals surface area contributed by atoms with Gasteiger partial charge in [-0.1, -0.05) is 19.8 Å². The molecule has 1 unspecified atom stereocenters. The zero-order valence-electron chi connectivity index (χ0n) is 11.5. The first kappa shape index (κ1) is 12.7. The number of hydrogen-bond donors (Lipinski definition) is 1. The molecule has 1 saturated carbocycles. The molecule has 1 nitrogen and oxygen atoms in total. The molecule has 0 spiro atoms. The highest BCUT2D eigenvalue weighted by Gasteiger charge is 2.44. The van der Waals surface area contributed by atoms with Gasteiger partial charge in [0.15, 0.2) is 0 Å². The lowest BCUT2D eigenvalue weighted by Gasteiger charge is -2.34. The Morgan fingerprint density at radius 2 is 2.06 bits per heavy atom. The van der Waals surface area contributed by atoms with Gasteiger partial charge in [0, 0.05) is 21.7 Å². The summed E-state index contributed by atoms with van der Waals surface area (Å²) in [6.45, 7) is 3.50. The molecule has 1 atom stereocenters. The minimum atomic E-state index is 0.451. The maximum Gasteiger partial charge on any atom is 0.0257 e. The largest absolute Gasteiger partial charge is 0.311 e. The minimum absolute atomic E-state index is 0.451. The quantitative estimate of drug-likeness (QED) is 0.860. The Hall–Kier alpha value is -0.340. The molecular formula is C16H25NS. The van der Waals surface area contributed by atoms with E-state index < -0.39 is 0 Å². The fourth-order valence-corrected chi connectivity index (χ4v) is 4.55. The molecule has 0 bridgehead atoms. The van der Waals surface area contributed by atoms with Crippen LogP contribution in [-0.2, 0) is 12.8 Å². The molecule has 2 heterocycles. The Bertz CT molecular complexity index is 384. The highest BCUT2D eigenvalue weighted by atomic mass is 32.1. The molecule has 2 heteroatoms. The van der Waals surface area contributed by atoms with Crippen LogP contribution in [0.3, 0.4) is 0 Å². The summed E-state index contributed by atoms with van der Waals surface area (Å²) in [5.74, 6) is 0.961. The molecular weight excluding hydrogens is 238 g/mol. The van der Waals surface area contributed by atoms with E-state index in [9.17, 15) is 0 Å². The molecule has 0 radical (unpaired) electrons. The van der Waals surface area contributed by atoms with Gasteiger partial charge in [-0.25, -0.2) is 0 Å². The van der Waals surface area contributed by atoms with Crippen LogP contribution >= 0.6 is 11.3 Å². The third-order valence-electron chi connectivity index (χ3n) is 4.69. The van der Waals surface area contributed by atoms with Crippen LogP contribution in [0.4, 0.5) is 0 Å². The second-order valence-corrected chi connectivity index (χ2v) is 7.32. The summed E-state index contributed by atoms with van der Waals surface area (Å²) in [5.41, 5.74) is 0.451. The first-order valence-electron chi connectivity index (χ1n) is 7.65. The van der Waals surface area contributed by atoms with Crippen LogP contribution in [0.1, 0.15) is 55.2 Å². The Morgan fingerprint density at radius 1 is 1.22 bits per heavy atom. The normalized spacial score (nSPS) is 29.2. The van der Waals surface area contributed by atoms with Gasteiger partial charge >= 0.3 is 0 Å². The second kappa shape index (κ2) is 5.34. The van der Waals surface area contributed by atoms with E-state index in [2.05, 4.69) is 24.4 Å². The van der Waals surface area contributed by atoms with Crippen LogP contribution in [0, 0.1) is 5.92 Å². The van der Waals surface area contributed by atoms with Crippen LogP contribution in [-0.4, -0.2) is 12.1 Å². The fourth-order valence-electron chi connectivity index (χ4n) is 3.47. The number of hydrogen-bond acceptors (Lipinski definition) is 2.